The Morgan fingerprint density at radius 2 is 2.13 bits per heavy atom. The molecule has 7 nitrogen and oxygen atoms in total. The molecule has 0 radical (unpaired) electrons. The van der Waals surface area contributed by atoms with Gasteiger partial charge in [-0.25, -0.2) is 4.79 Å². The van der Waals surface area contributed by atoms with E-state index in [1.165, 1.54) is 17.0 Å². The van der Waals surface area contributed by atoms with E-state index in [1.807, 2.05) is 13.8 Å². The smallest absolute Gasteiger partial charge is 0.329 e. The third-order valence-corrected chi connectivity index (χ3v) is 3.83. The second kappa shape index (κ2) is 7.21. The van der Waals surface area contributed by atoms with E-state index in [4.69, 9.17) is 4.74 Å². The van der Waals surface area contributed by atoms with Crippen LogP contribution in [0.15, 0.2) is 18.2 Å². The molecule has 1 amide bonds. The van der Waals surface area contributed by atoms with Gasteiger partial charge in [0, 0.05) is 24.2 Å². The van der Waals surface area contributed by atoms with Gasteiger partial charge < -0.3 is 4.74 Å². The number of fused-ring (bicyclic) bond motifs is 1. The van der Waals surface area contributed by atoms with Gasteiger partial charge in [-0.1, -0.05) is 13.8 Å². The van der Waals surface area contributed by atoms with Crippen molar-refractivity contribution in [3.8, 4) is 0 Å². The highest BCUT2D eigenvalue weighted by Crippen LogP contribution is 2.33. The molecule has 1 aromatic carbocycles. The molecule has 23 heavy (non-hydrogen) atoms. The van der Waals surface area contributed by atoms with Crippen molar-refractivity contribution in [2.45, 2.75) is 45.6 Å². The van der Waals surface area contributed by atoms with Crippen molar-refractivity contribution >= 4 is 23.3 Å². The normalized spacial score (nSPS) is 15.0. The first-order chi connectivity index (χ1) is 11.0. The van der Waals surface area contributed by atoms with Crippen molar-refractivity contribution in [2.24, 2.45) is 0 Å². The molecule has 0 saturated heterocycles. The standard InChI is InChI=1S/C16H20N2O5/c1-3-9-23-16(20)13(4-2)17-14-7-6-12(18(21)22)10-11(14)5-8-15(17)19/h6-7,10,13H,3-5,8-9H2,1-2H3. The lowest BCUT2D eigenvalue weighted by molar-refractivity contribution is -0.384. The average molecular weight is 320 g/mol. The van der Waals surface area contributed by atoms with Crippen LogP contribution in [-0.2, 0) is 20.7 Å². The number of amides is 1. The summed E-state index contributed by atoms with van der Waals surface area (Å²) in [5, 5.41) is 10.9. The van der Waals surface area contributed by atoms with E-state index in [-0.39, 0.29) is 18.0 Å². The minimum absolute atomic E-state index is 0.0142. The van der Waals surface area contributed by atoms with Gasteiger partial charge in [0.15, 0.2) is 0 Å². The number of aryl methyl sites for hydroxylation is 1. The van der Waals surface area contributed by atoms with Crippen LogP contribution in [0.4, 0.5) is 11.4 Å². The number of benzene rings is 1. The number of hydrogen-bond acceptors (Lipinski definition) is 5. The van der Waals surface area contributed by atoms with Gasteiger partial charge in [-0.15, -0.1) is 0 Å². The fraction of sp³-hybridized carbons (Fsp3) is 0.500. The fourth-order valence-corrected chi connectivity index (χ4v) is 2.71. The van der Waals surface area contributed by atoms with Gasteiger partial charge in [0.1, 0.15) is 6.04 Å². The highest BCUT2D eigenvalue weighted by atomic mass is 16.6. The van der Waals surface area contributed by atoms with Gasteiger partial charge in [0.2, 0.25) is 5.91 Å². The van der Waals surface area contributed by atoms with E-state index >= 15 is 0 Å². The summed E-state index contributed by atoms with van der Waals surface area (Å²) in [7, 11) is 0. The maximum atomic E-state index is 12.3. The lowest BCUT2D eigenvalue weighted by Crippen LogP contribution is -2.48. The fourth-order valence-electron chi connectivity index (χ4n) is 2.71. The van der Waals surface area contributed by atoms with Crippen molar-refractivity contribution in [2.75, 3.05) is 11.5 Å². The van der Waals surface area contributed by atoms with E-state index < -0.39 is 16.9 Å². The van der Waals surface area contributed by atoms with E-state index in [0.717, 1.165) is 0 Å². The van der Waals surface area contributed by atoms with E-state index in [2.05, 4.69) is 0 Å². The molecule has 1 aliphatic heterocycles. The van der Waals surface area contributed by atoms with Gasteiger partial charge in [-0.3, -0.25) is 19.8 Å². The molecule has 1 heterocycles. The Labute approximate surface area is 134 Å². The van der Waals surface area contributed by atoms with Gasteiger partial charge >= 0.3 is 5.97 Å². The zero-order chi connectivity index (χ0) is 17.0. The lowest BCUT2D eigenvalue weighted by Gasteiger charge is -2.34. The van der Waals surface area contributed by atoms with Crippen molar-refractivity contribution in [1.29, 1.82) is 0 Å². The first-order valence-corrected chi connectivity index (χ1v) is 7.75. The zero-order valence-corrected chi connectivity index (χ0v) is 13.3. The average Bonchev–Trinajstić information content (AvgIpc) is 2.54. The van der Waals surface area contributed by atoms with Gasteiger partial charge in [-0.2, -0.15) is 0 Å². The Balaban J connectivity index is 2.36. The highest BCUT2D eigenvalue weighted by Gasteiger charge is 2.35. The molecule has 0 saturated carbocycles. The van der Waals surface area contributed by atoms with E-state index in [9.17, 15) is 19.7 Å². The molecular weight excluding hydrogens is 300 g/mol. The maximum absolute atomic E-state index is 12.3. The lowest BCUT2D eigenvalue weighted by atomic mass is 9.98. The maximum Gasteiger partial charge on any atom is 0.329 e. The van der Waals surface area contributed by atoms with E-state index in [0.29, 0.717) is 37.1 Å². The highest BCUT2D eigenvalue weighted by molar-refractivity contribution is 6.01. The number of non-ortho nitro benzene ring substituents is 1. The summed E-state index contributed by atoms with van der Waals surface area (Å²) < 4.78 is 5.18. The Morgan fingerprint density at radius 1 is 1.39 bits per heavy atom. The molecule has 0 aromatic heterocycles. The molecule has 1 unspecified atom stereocenters. The van der Waals surface area contributed by atoms with Crippen molar-refractivity contribution in [3.63, 3.8) is 0 Å². The number of anilines is 1. The Morgan fingerprint density at radius 3 is 2.74 bits per heavy atom. The van der Waals surface area contributed by atoms with Crippen LogP contribution in [0.2, 0.25) is 0 Å². The summed E-state index contributed by atoms with van der Waals surface area (Å²) in [6.07, 6.45) is 1.79. The Kier molecular flexibility index (Phi) is 5.31. The first kappa shape index (κ1) is 16.9. The van der Waals surface area contributed by atoms with Crippen LogP contribution in [0, 0.1) is 10.1 Å². The number of carbonyl (C=O) groups excluding carboxylic acids is 2. The summed E-state index contributed by atoms with van der Waals surface area (Å²) >= 11 is 0. The number of nitro benzene ring substituents is 1. The molecule has 0 spiro atoms. The van der Waals surface area contributed by atoms with Gasteiger partial charge in [0.05, 0.1) is 11.5 Å². The van der Waals surface area contributed by atoms with Gasteiger partial charge in [-0.05, 0) is 30.9 Å². The summed E-state index contributed by atoms with van der Waals surface area (Å²) in [5.74, 6) is -0.597. The minimum Gasteiger partial charge on any atom is -0.464 e. The third-order valence-electron chi connectivity index (χ3n) is 3.83. The molecule has 124 valence electrons. The second-order valence-corrected chi connectivity index (χ2v) is 5.43. The quantitative estimate of drug-likeness (QED) is 0.456. The van der Waals surface area contributed by atoms with Crippen LogP contribution in [0.5, 0.6) is 0 Å². The number of nitrogens with zero attached hydrogens (tertiary/aromatic N) is 2. The number of ether oxygens (including phenoxy) is 1. The van der Waals surface area contributed by atoms with Crippen LogP contribution in [0.1, 0.15) is 38.7 Å². The summed E-state index contributed by atoms with van der Waals surface area (Å²) in [4.78, 5) is 36.4. The Hall–Kier alpha value is -2.44. The second-order valence-electron chi connectivity index (χ2n) is 5.43. The van der Waals surface area contributed by atoms with Crippen LogP contribution >= 0.6 is 0 Å². The molecule has 7 heteroatoms. The van der Waals surface area contributed by atoms with Crippen LogP contribution in [-0.4, -0.2) is 29.4 Å². The number of nitro groups is 1. The Bertz CT molecular complexity index is 629. The SMILES string of the molecule is CCCOC(=O)C(CC)N1C(=O)CCc2cc([N+](=O)[O-])ccc21. The summed E-state index contributed by atoms with van der Waals surface area (Å²) in [5.41, 5.74) is 1.26. The van der Waals surface area contributed by atoms with Crippen molar-refractivity contribution in [3.05, 3.63) is 33.9 Å². The molecular formula is C16H20N2O5. The topological polar surface area (TPSA) is 89.8 Å². The molecule has 0 N–H and O–H groups in total. The molecule has 1 aromatic rings. The largest absolute Gasteiger partial charge is 0.464 e. The predicted molar refractivity (Wildman–Crippen MR) is 84.2 cm³/mol. The van der Waals surface area contributed by atoms with Crippen molar-refractivity contribution in [1.82, 2.24) is 0 Å². The van der Waals surface area contributed by atoms with Crippen LogP contribution in [0.25, 0.3) is 0 Å². The van der Waals surface area contributed by atoms with Crippen LogP contribution in [0.3, 0.4) is 0 Å². The number of carbonyl (C=O) groups is 2. The molecule has 0 aliphatic carbocycles. The molecule has 1 atom stereocenters. The summed E-state index contributed by atoms with van der Waals surface area (Å²) in [6, 6.07) is 3.67. The van der Waals surface area contributed by atoms with E-state index in [1.54, 1.807) is 6.07 Å². The number of esters is 1. The van der Waals surface area contributed by atoms with Crippen molar-refractivity contribution < 1.29 is 19.2 Å². The minimum atomic E-state index is -0.699. The monoisotopic (exact) mass is 320 g/mol. The number of rotatable bonds is 6. The predicted octanol–water partition coefficient (Wildman–Crippen LogP) is 2.61. The molecule has 1 aliphatic rings. The van der Waals surface area contributed by atoms with Crippen LogP contribution < -0.4 is 4.90 Å². The molecule has 0 fully saturated rings. The van der Waals surface area contributed by atoms with Gasteiger partial charge in [0.25, 0.3) is 5.69 Å². The zero-order valence-electron chi connectivity index (χ0n) is 13.3. The summed E-state index contributed by atoms with van der Waals surface area (Å²) in [6.45, 7) is 4.02. The first-order valence-electron chi connectivity index (χ1n) is 7.75. The number of hydrogen-bond donors (Lipinski definition) is 0. The third kappa shape index (κ3) is 3.49. The molecule has 2 rings (SSSR count). The molecule has 0 bridgehead atoms.